The Labute approximate surface area is 164 Å². The molecule has 0 saturated carbocycles. The van der Waals surface area contributed by atoms with Crippen LogP contribution in [0.1, 0.15) is 18.9 Å². The normalized spacial score (nSPS) is 18.0. The third-order valence-corrected chi connectivity index (χ3v) is 6.53. The lowest BCUT2D eigenvalue weighted by molar-refractivity contribution is -0.122. The van der Waals surface area contributed by atoms with E-state index in [1.807, 2.05) is 43.3 Å². The van der Waals surface area contributed by atoms with Crippen LogP contribution >= 0.6 is 11.6 Å². The Hall–Kier alpha value is -2.15. The van der Waals surface area contributed by atoms with Crippen molar-refractivity contribution in [3.63, 3.8) is 0 Å². The second-order valence-corrected chi connectivity index (χ2v) is 8.83. The Morgan fingerprint density at radius 1 is 1.19 bits per heavy atom. The summed E-state index contributed by atoms with van der Waals surface area (Å²) in [6, 6.07) is 15.0. The Morgan fingerprint density at radius 3 is 2.44 bits per heavy atom. The zero-order valence-corrected chi connectivity index (χ0v) is 16.5. The van der Waals surface area contributed by atoms with Gasteiger partial charge in [-0.15, -0.1) is 0 Å². The SMILES string of the molecule is CC(=Cc1ccccc1)CN([C@@H]1CCNC1=O)S(=O)(=O)c1ccc(Cl)cc1. The molecule has 1 saturated heterocycles. The van der Waals surface area contributed by atoms with Gasteiger partial charge in [0.2, 0.25) is 15.9 Å². The van der Waals surface area contributed by atoms with Crippen molar-refractivity contribution in [1.82, 2.24) is 9.62 Å². The van der Waals surface area contributed by atoms with Crippen LogP contribution in [0.5, 0.6) is 0 Å². The molecule has 1 N–H and O–H groups in total. The van der Waals surface area contributed by atoms with Gasteiger partial charge in [-0.1, -0.05) is 53.6 Å². The van der Waals surface area contributed by atoms with Gasteiger partial charge in [0.05, 0.1) is 4.90 Å². The van der Waals surface area contributed by atoms with Crippen LogP contribution in [0.2, 0.25) is 5.02 Å². The fourth-order valence-corrected chi connectivity index (χ4v) is 4.87. The Bertz CT molecular complexity index is 941. The van der Waals surface area contributed by atoms with Crippen LogP contribution in [0.15, 0.2) is 65.1 Å². The first kappa shape index (κ1) is 19.6. The molecule has 0 spiro atoms. The molecule has 7 heteroatoms. The molecule has 0 radical (unpaired) electrons. The van der Waals surface area contributed by atoms with Crippen molar-refractivity contribution in [3.05, 3.63) is 70.8 Å². The van der Waals surface area contributed by atoms with Crippen molar-refractivity contribution in [2.24, 2.45) is 0 Å². The number of rotatable bonds is 6. The maximum Gasteiger partial charge on any atom is 0.244 e. The highest BCUT2D eigenvalue weighted by atomic mass is 35.5. The molecule has 0 bridgehead atoms. The highest BCUT2D eigenvalue weighted by Gasteiger charge is 2.38. The van der Waals surface area contributed by atoms with Gasteiger partial charge in [0.15, 0.2) is 0 Å². The van der Waals surface area contributed by atoms with Crippen LogP contribution in [0.25, 0.3) is 6.08 Å². The zero-order chi connectivity index (χ0) is 19.4. The number of nitrogens with one attached hydrogen (secondary N) is 1. The van der Waals surface area contributed by atoms with E-state index in [1.54, 1.807) is 0 Å². The fourth-order valence-electron chi connectivity index (χ4n) is 3.09. The minimum atomic E-state index is -3.85. The Balaban J connectivity index is 1.95. The second-order valence-electron chi connectivity index (χ2n) is 6.50. The molecule has 0 aromatic heterocycles. The monoisotopic (exact) mass is 404 g/mol. The number of hydrogen-bond acceptors (Lipinski definition) is 3. The van der Waals surface area contributed by atoms with E-state index in [2.05, 4.69) is 5.32 Å². The molecular weight excluding hydrogens is 384 g/mol. The first-order valence-electron chi connectivity index (χ1n) is 8.65. The van der Waals surface area contributed by atoms with E-state index >= 15 is 0 Å². The lowest BCUT2D eigenvalue weighted by Crippen LogP contribution is -2.45. The quantitative estimate of drug-likeness (QED) is 0.803. The molecule has 1 amide bonds. The van der Waals surface area contributed by atoms with Crippen LogP contribution in [0.4, 0.5) is 0 Å². The molecule has 1 heterocycles. The van der Waals surface area contributed by atoms with Crippen LogP contribution in [0.3, 0.4) is 0 Å². The summed E-state index contributed by atoms with van der Waals surface area (Å²) >= 11 is 5.88. The maximum atomic E-state index is 13.2. The van der Waals surface area contributed by atoms with Crippen LogP contribution in [-0.2, 0) is 14.8 Å². The first-order valence-corrected chi connectivity index (χ1v) is 10.5. The van der Waals surface area contributed by atoms with Crippen LogP contribution < -0.4 is 5.32 Å². The Morgan fingerprint density at radius 2 is 1.85 bits per heavy atom. The van der Waals surface area contributed by atoms with Crippen LogP contribution in [0, 0.1) is 0 Å². The molecule has 27 heavy (non-hydrogen) atoms. The third-order valence-electron chi connectivity index (χ3n) is 4.41. The lowest BCUT2D eigenvalue weighted by Gasteiger charge is -2.27. The molecule has 0 aliphatic carbocycles. The molecule has 1 fully saturated rings. The van der Waals surface area contributed by atoms with Gasteiger partial charge in [-0.05, 0) is 43.2 Å². The number of sulfonamides is 1. The highest BCUT2D eigenvalue weighted by Crippen LogP contribution is 2.24. The molecule has 5 nitrogen and oxygen atoms in total. The van der Waals surface area contributed by atoms with E-state index in [0.29, 0.717) is 18.0 Å². The fraction of sp³-hybridized carbons (Fsp3) is 0.250. The average Bonchev–Trinajstić information content (AvgIpc) is 3.06. The van der Waals surface area contributed by atoms with Crippen molar-refractivity contribution in [2.45, 2.75) is 24.3 Å². The topological polar surface area (TPSA) is 66.5 Å². The number of halogens is 1. The molecule has 1 aliphatic rings. The summed E-state index contributed by atoms with van der Waals surface area (Å²) in [6.45, 7) is 2.47. The van der Waals surface area contributed by atoms with E-state index in [1.165, 1.54) is 28.6 Å². The lowest BCUT2D eigenvalue weighted by atomic mass is 10.1. The number of benzene rings is 2. The summed E-state index contributed by atoms with van der Waals surface area (Å²) in [5.74, 6) is -0.264. The van der Waals surface area contributed by atoms with Gasteiger partial charge in [0, 0.05) is 18.1 Å². The summed E-state index contributed by atoms with van der Waals surface area (Å²) in [5.41, 5.74) is 1.83. The molecule has 2 aromatic rings. The maximum absolute atomic E-state index is 13.2. The number of hydrogen-bond donors (Lipinski definition) is 1. The van der Waals surface area contributed by atoms with E-state index in [4.69, 9.17) is 11.6 Å². The van der Waals surface area contributed by atoms with Gasteiger partial charge in [-0.2, -0.15) is 4.31 Å². The third kappa shape index (κ3) is 4.58. The minimum absolute atomic E-state index is 0.124. The molecule has 142 valence electrons. The largest absolute Gasteiger partial charge is 0.355 e. The minimum Gasteiger partial charge on any atom is -0.355 e. The van der Waals surface area contributed by atoms with Crippen molar-refractivity contribution in [3.8, 4) is 0 Å². The average molecular weight is 405 g/mol. The van der Waals surface area contributed by atoms with Crippen molar-refractivity contribution in [2.75, 3.05) is 13.1 Å². The molecule has 2 aromatic carbocycles. The second kappa shape index (κ2) is 8.25. The predicted molar refractivity (Wildman–Crippen MR) is 107 cm³/mol. The van der Waals surface area contributed by atoms with Crippen molar-refractivity contribution < 1.29 is 13.2 Å². The predicted octanol–water partition coefficient (Wildman–Crippen LogP) is 3.32. The van der Waals surface area contributed by atoms with E-state index in [-0.39, 0.29) is 17.3 Å². The summed E-state index contributed by atoms with van der Waals surface area (Å²) < 4.78 is 27.8. The number of amides is 1. The smallest absolute Gasteiger partial charge is 0.244 e. The standard InChI is InChI=1S/C20H21ClN2O3S/c1-15(13-16-5-3-2-4-6-16)14-23(19-11-12-22-20(19)24)27(25,26)18-9-7-17(21)8-10-18/h2-10,13,19H,11-12,14H2,1H3,(H,22,24)/t19-/m1/s1. The van der Waals surface area contributed by atoms with E-state index in [9.17, 15) is 13.2 Å². The molecule has 3 rings (SSSR count). The van der Waals surface area contributed by atoms with Crippen molar-refractivity contribution in [1.29, 1.82) is 0 Å². The number of carbonyl (C=O) groups excluding carboxylic acids is 1. The van der Waals surface area contributed by atoms with Crippen LogP contribution in [-0.4, -0.2) is 37.8 Å². The van der Waals surface area contributed by atoms with Gasteiger partial charge >= 0.3 is 0 Å². The summed E-state index contributed by atoms with van der Waals surface area (Å²) in [7, 11) is -3.85. The molecule has 1 aliphatic heterocycles. The van der Waals surface area contributed by atoms with Gasteiger partial charge in [-0.3, -0.25) is 4.79 Å². The summed E-state index contributed by atoms with van der Waals surface area (Å²) in [5, 5.41) is 3.18. The van der Waals surface area contributed by atoms with E-state index in [0.717, 1.165) is 11.1 Å². The van der Waals surface area contributed by atoms with Gasteiger partial charge < -0.3 is 5.32 Å². The number of nitrogens with zero attached hydrogens (tertiary/aromatic N) is 1. The van der Waals surface area contributed by atoms with Crippen molar-refractivity contribution >= 4 is 33.6 Å². The first-order chi connectivity index (χ1) is 12.9. The molecule has 1 atom stereocenters. The zero-order valence-electron chi connectivity index (χ0n) is 14.9. The molecular formula is C20H21ClN2O3S. The van der Waals surface area contributed by atoms with Gasteiger partial charge in [0.1, 0.15) is 6.04 Å². The molecule has 0 unspecified atom stereocenters. The van der Waals surface area contributed by atoms with E-state index < -0.39 is 16.1 Å². The van der Waals surface area contributed by atoms with Gasteiger partial charge in [-0.25, -0.2) is 8.42 Å². The van der Waals surface area contributed by atoms with Gasteiger partial charge in [0.25, 0.3) is 0 Å². The Kier molecular flexibility index (Phi) is 5.99. The summed E-state index contributed by atoms with van der Waals surface area (Å²) in [4.78, 5) is 12.4. The number of carbonyl (C=O) groups is 1. The summed E-state index contributed by atoms with van der Waals surface area (Å²) in [6.07, 6.45) is 2.38. The highest BCUT2D eigenvalue weighted by molar-refractivity contribution is 7.89.